The van der Waals surface area contributed by atoms with Gasteiger partial charge in [-0.05, 0) is 24.5 Å². The van der Waals surface area contributed by atoms with Crippen molar-refractivity contribution in [3.05, 3.63) is 71.8 Å². The van der Waals surface area contributed by atoms with E-state index in [0.29, 0.717) is 13.2 Å². The molecule has 0 spiro atoms. The van der Waals surface area contributed by atoms with Crippen LogP contribution in [0.3, 0.4) is 0 Å². The average molecular weight is 340 g/mol. The van der Waals surface area contributed by atoms with Crippen LogP contribution in [0.2, 0.25) is 0 Å². The number of ether oxygens (including phenoxy) is 3. The summed E-state index contributed by atoms with van der Waals surface area (Å²) in [7, 11) is 0. The van der Waals surface area contributed by atoms with Crippen molar-refractivity contribution >= 4 is 0 Å². The van der Waals surface area contributed by atoms with Crippen molar-refractivity contribution in [2.45, 2.75) is 64.3 Å². The molecule has 0 saturated carbocycles. The average Bonchev–Trinajstić information content (AvgIpc) is 2.67. The first-order chi connectivity index (χ1) is 12.3. The first-order valence-electron chi connectivity index (χ1n) is 9.22. The van der Waals surface area contributed by atoms with Crippen LogP contribution in [0.5, 0.6) is 0 Å². The maximum atomic E-state index is 6.20. The molecule has 0 radical (unpaired) electrons. The molecule has 1 aliphatic heterocycles. The molecule has 2 aromatic carbocycles. The summed E-state index contributed by atoms with van der Waals surface area (Å²) < 4.78 is 18.5. The van der Waals surface area contributed by atoms with Crippen molar-refractivity contribution in [1.82, 2.24) is 0 Å². The highest BCUT2D eigenvalue weighted by atomic mass is 16.6. The fourth-order valence-electron chi connectivity index (χ4n) is 3.32. The van der Waals surface area contributed by atoms with Gasteiger partial charge in [0.15, 0.2) is 0 Å². The van der Waals surface area contributed by atoms with E-state index in [1.54, 1.807) is 0 Å². The first kappa shape index (κ1) is 18.1. The zero-order chi connectivity index (χ0) is 17.5. The molecule has 0 amide bonds. The van der Waals surface area contributed by atoms with Crippen LogP contribution in [0.1, 0.15) is 37.8 Å². The maximum Gasteiger partial charge on any atom is 0.0866 e. The number of hydrogen-bond acceptors (Lipinski definition) is 3. The third-order valence-corrected chi connectivity index (χ3v) is 4.81. The second-order valence-corrected chi connectivity index (χ2v) is 6.69. The summed E-state index contributed by atoms with van der Waals surface area (Å²) in [4.78, 5) is 0. The molecule has 2 aromatic rings. The van der Waals surface area contributed by atoms with E-state index in [1.165, 1.54) is 11.1 Å². The highest BCUT2D eigenvalue weighted by Gasteiger charge is 2.36. The van der Waals surface area contributed by atoms with Gasteiger partial charge in [0.2, 0.25) is 0 Å². The van der Waals surface area contributed by atoms with Crippen molar-refractivity contribution in [3.8, 4) is 0 Å². The van der Waals surface area contributed by atoms with E-state index in [4.69, 9.17) is 14.2 Å². The van der Waals surface area contributed by atoms with E-state index in [9.17, 15) is 0 Å². The second kappa shape index (κ2) is 9.14. The van der Waals surface area contributed by atoms with Crippen molar-refractivity contribution in [2.24, 2.45) is 0 Å². The standard InChI is InChI=1S/C22H28O3/c1-3-20-22(24-16-19-12-8-5-9-13-19)14-21(17(2)25-20)23-15-18-10-6-4-7-11-18/h4-13,17,20-22H,3,14-16H2,1-2H3/t17-,20+,21-,22-/m0/s1. The summed E-state index contributed by atoms with van der Waals surface area (Å²) in [6.07, 6.45) is 2.18. The van der Waals surface area contributed by atoms with Crippen LogP contribution in [0.25, 0.3) is 0 Å². The minimum Gasteiger partial charge on any atom is -0.371 e. The van der Waals surface area contributed by atoms with Gasteiger partial charge in [0.25, 0.3) is 0 Å². The van der Waals surface area contributed by atoms with E-state index >= 15 is 0 Å². The molecular formula is C22H28O3. The van der Waals surface area contributed by atoms with Gasteiger partial charge in [-0.25, -0.2) is 0 Å². The monoisotopic (exact) mass is 340 g/mol. The molecule has 4 atom stereocenters. The lowest BCUT2D eigenvalue weighted by Gasteiger charge is -2.39. The van der Waals surface area contributed by atoms with Gasteiger partial charge in [-0.3, -0.25) is 0 Å². The molecule has 134 valence electrons. The largest absolute Gasteiger partial charge is 0.371 e. The van der Waals surface area contributed by atoms with Crippen LogP contribution in [-0.4, -0.2) is 24.4 Å². The molecule has 1 heterocycles. The molecule has 3 nitrogen and oxygen atoms in total. The predicted molar refractivity (Wildman–Crippen MR) is 99.3 cm³/mol. The van der Waals surface area contributed by atoms with E-state index in [1.807, 2.05) is 36.4 Å². The molecule has 3 heteroatoms. The third kappa shape index (κ3) is 5.15. The maximum absolute atomic E-state index is 6.20. The van der Waals surface area contributed by atoms with Gasteiger partial charge in [0, 0.05) is 6.42 Å². The van der Waals surface area contributed by atoms with Crippen molar-refractivity contribution in [3.63, 3.8) is 0 Å². The predicted octanol–water partition coefficient (Wildman–Crippen LogP) is 4.74. The SMILES string of the molecule is CC[C@H]1O[C@@H](C)[C@@H](OCc2ccccc2)C[C@@H]1OCc1ccccc1. The Balaban J connectivity index is 1.57. The van der Waals surface area contributed by atoms with Crippen LogP contribution in [-0.2, 0) is 27.4 Å². The summed E-state index contributed by atoms with van der Waals surface area (Å²) >= 11 is 0. The van der Waals surface area contributed by atoms with Gasteiger partial charge in [0.05, 0.1) is 37.6 Å². The number of benzene rings is 2. The minimum absolute atomic E-state index is 0.0591. The van der Waals surface area contributed by atoms with Gasteiger partial charge < -0.3 is 14.2 Å². The molecule has 0 bridgehead atoms. The third-order valence-electron chi connectivity index (χ3n) is 4.81. The molecule has 0 N–H and O–H groups in total. The van der Waals surface area contributed by atoms with Crippen LogP contribution in [0, 0.1) is 0 Å². The molecule has 3 rings (SSSR count). The highest BCUT2D eigenvalue weighted by molar-refractivity contribution is 5.14. The molecule has 0 aromatic heterocycles. The molecule has 0 aliphatic carbocycles. The summed E-state index contributed by atoms with van der Waals surface area (Å²) in [6.45, 7) is 5.49. The summed E-state index contributed by atoms with van der Waals surface area (Å²) in [5, 5.41) is 0. The summed E-state index contributed by atoms with van der Waals surface area (Å²) in [5.41, 5.74) is 2.38. The van der Waals surface area contributed by atoms with Gasteiger partial charge in [-0.2, -0.15) is 0 Å². The van der Waals surface area contributed by atoms with Crippen molar-refractivity contribution in [2.75, 3.05) is 0 Å². The van der Waals surface area contributed by atoms with E-state index < -0.39 is 0 Å². The van der Waals surface area contributed by atoms with Gasteiger partial charge in [-0.1, -0.05) is 67.6 Å². The fraction of sp³-hybridized carbons (Fsp3) is 0.455. The van der Waals surface area contributed by atoms with Crippen molar-refractivity contribution < 1.29 is 14.2 Å². The van der Waals surface area contributed by atoms with Crippen LogP contribution in [0.15, 0.2) is 60.7 Å². The molecule has 1 saturated heterocycles. The molecule has 1 aliphatic rings. The Bertz CT molecular complexity index is 614. The topological polar surface area (TPSA) is 27.7 Å². The van der Waals surface area contributed by atoms with E-state index in [0.717, 1.165) is 12.8 Å². The van der Waals surface area contributed by atoms with E-state index in [-0.39, 0.29) is 24.4 Å². The van der Waals surface area contributed by atoms with Gasteiger partial charge in [-0.15, -0.1) is 0 Å². The number of rotatable bonds is 7. The second-order valence-electron chi connectivity index (χ2n) is 6.69. The highest BCUT2D eigenvalue weighted by Crippen LogP contribution is 2.28. The zero-order valence-corrected chi connectivity index (χ0v) is 15.1. The zero-order valence-electron chi connectivity index (χ0n) is 15.1. The molecule has 1 fully saturated rings. The lowest BCUT2D eigenvalue weighted by atomic mass is 9.97. The molecule has 0 unspecified atom stereocenters. The lowest BCUT2D eigenvalue weighted by Crippen LogP contribution is -2.47. The van der Waals surface area contributed by atoms with Gasteiger partial charge >= 0.3 is 0 Å². The fourth-order valence-corrected chi connectivity index (χ4v) is 3.32. The van der Waals surface area contributed by atoms with Crippen LogP contribution in [0.4, 0.5) is 0 Å². The van der Waals surface area contributed by atoms with Crippen molar-refractivity contribution in [1.29, 1.82) is 0 Å². The Kier molecular flexibility index (Phi) is 6.62. The smallest absolute Gasteiger partial charge is 0.0866 e. The normalized spacial score (nSPS) is 26.5. The van der Waals surface area contributed by atoms with E-state index in [2.05, 4.69) is 38.1 Å². The Morgan fingerprint density at radius 3 is 1.88 bits per heavy atom. The Morgan fingerprint density at radius 2 is 1.36 bits per heavy atom. The minimum atomic E-state index is 0.0591. The number of hydrogen-bond donors (Lipinski definition) is 0. The van der Waals surface area contributed by atoms with Crippen LogP contribution < -0.4 is 0 Å². The summed E-state index contributed by atoms with van der Waals surface area (Å²) in [6, 6.07) is 20.6. The Morgan fingerprint density at radius 1 is 0.840 bits per heavy atom. The quantitative estimate of drug-likeness (QED) is 0.728. The Hall–Kier alpha value is -1.68. The first-order valence-corrected chi connectivity index (χ1v) is 9.22. The van der Waals surface area contributed by atoms with Crippen LogP contribution >= 0.6 is 0 Å². The molecule has 25 heavy (non-hydrogen) atoms. The van der Waals surface area contributed by atoms with Gasteiger partial charge in [0.1, 0.15) is 0 Å². The molecular weight excluding hydrogens is 312 g/mol. The summed E-state index contributed by atoms with van der Waals surface area (Å²) in [5.74, 6) is 0. The lowest BCUT2D eigenvalue weighted by molar-refractivity contribution is -0.197. The Labute approximate surface area is 150 Å².